The number of rotatable bonds is 6. The van der Waals surface area contributed by atoms with E-state index in [9.17, 15) is 5.11 Å². The van der Waals surface area contributed by atoms with E-state index < -0.39 is 12.0 Å². The molecule has 2 aliphatic heterocycles. The van der Waals surface area contributed by atoms with Crippen LogP contribution in [-0.2, 0) is 0 Å². The van der Waals surface area contributed by atoms with Crippen molar-refractivity contribution in [2.75, 3.05) is 12.0 Å². The number of phenolic OH excluding ortho intramolecular Hbond substituents is 1. The lowest BCUT2D eigenvalue weighted by molar-refractivity contribution is 0.171. The van der Waals surface area contributed by atoms with Gasteiger partial charge in [0.25, 0.3) is 0 Å². The SMILES string of the molecule is COc1cc(-c2cc(O)c(-c3cnc(N(C4CC4)[C@H]4C[C@@H]5CC[C@@H](N5)[C@H]4F)cn3)cc2F)ccn1. The number of aromatic nitrogens is 3. The summed E-state index contributed by atoms with van der Waals surface area (Å²) in [6.07, 6.45) is 8.38. The number of benzene rings is 1. The summed E-state index contributed by atoms with van der Waals surface area (Å²) < 4.78 is 35.5. The second-order valence-electron chi connectivity index (χ2n) is 9.63. The number of phenols is 1. The maximum Gasteiger partial charge on any atom is 0.213 e. The number of nitrogens with zero attached hydrogens (tertiary/aromatic N) is 4. The topological polar surface area (TPSA) is 83.4 Å². The van der Waals surface area contributed by atoms with Crippen molar-refractivity contribution in [2.45, 2.75) is 62.4 Å². The molecule has 9 heteroatoms. The zero-order valence-electron chi connectivity index (χ0n) is 19.4. The van der Waals surface area contributed by atoms with Gasteiger partial charge in [-0.3, -0.25) is 4.98 Å². The third-order valence-corrected chi connectivity index (χ3v) is 7.37. The van der Waals surface area contributed by atoms with E-state index in [1.807, 2.05) is 0 Å². The maximum absolute atomic E-state index is 15.3. The molecule has 0 amide bonds. The Hall–Kier alpha value is -3.33. The van der Waals surface area contributed by atoms with Gasteiger partial charge in [-0.15, -0.1) is 0 Å². The Bertz CT molecular complexity index is 1240. The molecule has 0 unspecified atom stereocenters. The fourth-order valence-electron chi connectivity index (χ4n) is 5.49. The van der Waals surface area contributed by atoms with Gasteiger partial charge in [0.15, 0.2) is 0 Å². The number of hydrogen-bond donors (Lipinski definition) is 2. The van der Waals surface area contributed by atoms with Crippen LogP contribution in [0.2, 0.25) is 0 Å². The van der Waals surface area contributed by atoms with Gasteiger partial charge in [0.1, 0.15) is 23.6 Å². The number of anilines is 1. The molecule has 2 saturated heterocycles. The largest absolute Gasteiger partial charge is 0.507 e. The van der Waals surface area contributed by atoms with Crippen molar-refractivity contribution in [3.05, 3.63) is 48.7 Å². The molecule has 3 fully saturated rings. The molecule has 182 valence electrons. The first-order valence-electron chi connectivity index (χ1n) is 12.1. The highest BCUT2D eigenvalue weighted by Crippen LogP contribution is 2.40. The summed E-state index contributed by atoms with van der Waals surface area (Å²) in [7, 11) is 1.49. The first-order valence-corrected chi connectivity index (χ1v) is 12.1. The fourth-order valence-corrected chi connectivity index (χ4v) is 5.49. The van der Waals surface area contributed by atoms with E-state index >= 15 is 8.78 Å². The summed E-state index contributed by atoms with van der Waals surface area (Å²) >= 11 is 0. The first-order chi connectivity index (χ1) is 17.0. The average Bonchev–Trinajstić information content (AvgIpc) is 3.63. The number of alkyl halides is 1. The number of nitrogens with one attached hydrogen (secondary N) is 1. The molecule has 7 nitrogen and oxygen atoms in total. The zero-order chi connectivity index (χ0) is 24.1. The van der Waals surface area contributed by atoms with Gasteiger partial charge in [-0.1, -0.05) is 0 Å². The van der Waals surface area contributed by atoms with Crippen molar-refractivity contribution in [3.63, 3.8) is 0 Å². The standard InChI is InChI=1S/C26H27F2N5O2/c1-35-25-8-14(6-7-29-25)17-11-23(34)18(10-19(17)27)21-12-31-24(13-30-21)33(16-3-4-16)22-9-15-2-5-20(32-15)26(22)28/h6-8,10-13,15-16,20,22,26,32,34H,2-5,9H2,1H3/t15-,20+,22-,26+/m0/s1. The van der Waals surface area contributed by atoms with Crippen molar-refractivity contribution in [1.29, 1.82) is 0 Å². The smallest absolute Gasteiger partial charge is 0.213 e. The number of fused-ring (bicyclic) bond motifs is 2. The number of piperidine rings is 1. The minimum absolute atomic E-state index is 0.0916. The highest BCUT2D eigenvalue weighted by molar-refractivity contribution is 5.75. The number of aromatic hydroxyl groups is 1. The van der Waals surface area contributed by atoms with E-state index in [2.05, 4.69) is 25.2 Å². The minimum atomic E-state index is -0.951. The lowest BCUT2D eigenvalue weighted by atomic mass is 9.96. The monoisotopic (exact) mass is 479 g/mol. The van der Waals surface area contributed by atoms with Crippen molar-refractivity contribution in [2.24, 2.45) is 0 Å². The van der Waals surface area contributed by atoms with Crippen molar-refractivity contribution in [3.8, 4) is 34.0 Å². The lowest BCUT2D eigenvalue weighted by Crippen LogP contribution is -2.57. The summed E-state index contributed by atoms with van der Waals surface area (Å²) in [6.45, 7) is 0. The van der Waals surface area contributed by atoms with E-state index in [-0.39, 0.29) is 35.0 Å². The molecule has 35 heavy (non-hydrogen) atoms. The normalized spacial score (nSPS) is 25.5. The number of halogens is 2. The molecule has 1 saturated carbocycles. The molecule has 3 aromatic rings. The van der Waals surface area contributed by atoms with Gasteiger partial charge in [-0.2, -0.15) is 0 Å². The van der Waals surface area contributed by atoms with E-state index in [0.717, 1.165) is 32.1 Å². The molecule has 1 aliphatic carbocycles. The third-order valence-electron chi connectivity index (χ3n) is 7.37. The Labute approximate surface area is 202 Å². The molecule has 0 spiro atoms. The highest BCUT2D eigenvalue weighted by Gasteiger charge is 2.48. The molecule has 2 N–H and O–H groups in total. The van der Waals surface area contributed by atoms with E-state index in [0.29, 0.717) is 29.0 Å². The molecule has 1 aromatic carbocycles. The van der Waals surface area contributed by atoms with Crippen LogP contribution in [0.4, 0.5) is 14.6 Å². The van der Waals surface area contributed by atoms with Gasteiger partial charge >= 0.3 is 0 Å². The van der Waals surface area contributed by atoms with Crippen LogP contribution >= 0.6 is 0 Å². The predicted octanol–water partition coefficient (Wildman–Crippen LogP) is 4.26. The van der Waals surface area contributed by atoms with Crippen molar-refractivity contribution >= 4 is 5.82 Å². The molecule has 2 aromatic heterocycles. The van der Waals surface area contributed by atoms with E-state index in [1.54, 1.807) is 18.3 Å². The quantitative estimate of drug-likeness (QED) is 0.547. The number of pyridine rings is 1. The second-order valence-corrected chi connectivity index (χ2v) is 9.63. The zero-order valence-corrected chi connectivity index (χ0v) is 19.4. The van der Waals surface area contributed by atoms with Crippen LogP contribution in [0, 0.1) is 5.82 Å². The number of hydrogen-bond acceptors (Lipinski definition) is 7. The first kappa shape index (κ1) is 22.2. The molecule has 3 aliphatic rings. The Kier molecular flexibility index (Phi) is 5.51. The Morgan fingerprint density at radius 3 is 2.66 bits per heavy atom. The van der Waals surface area contributed by atoms with Crippen LogP contribution in [0.5, 0.6) is 11.6 Å². The van der Waals surface area contributed by atoms with Crippen LogP contribution in [0.25, 0.3) is 22.4 Å². The summed E-state index contributed by atoms with van der Waals surface area (Å²) in [4.78, 5) is 15.2. The van der Waals surface area contributed by atoms with Crippen LogP contribution in [-0.4, -0.2) is 57.5 Å². The number of methoxy groups -OCH3 is 1. The van der Waals surface area contributed by atoms with Gasteiger partial charge < -0.3 is 20.1 Å². The summed E-state index contributed by atoms with van der Waals surface area (Å²) in [5, 5.41) is 14.1. The summed E-state index contributed by atoms with van der Waals surface area (Å²) in [5.41, 5.74) is 1.36. The molecule has 4 atom stereocenters. The van der Waals surface area contributed by atoms with E-state index in [4.69, 9.17) is 4.74 Å². The highest BCUT2D eigenvalue weighted by atomic mass is 19.1. The fraction of sp³-hybridized carbons (Fsp3) is 0.423. The van der Waals surface area contributed by atoms with Crippen LogP contribution in [0.3, 0.4) is 0 Å². The molecule has 0 radical (unpaired) electrons. The molecule has 2 bridgehead atoms. The molecule has 4 heterocycles. The lowest BCUT2D eigenvalue weighted by Gasteiger charge is -2.41. The predicted molar refractivity (Wildman–Crippen MR) is 128 cm³/mol. The third kappa shape index (κ3) is 4.07. The Balaban J connectivity index is 1.28. The summed E-state index contributed by atoms with van der Waals surface area (Å²) in [6, 6.07) is 6.18. The average molecular weight is 480 g/mol. The van der Waals surface area contributed by atoms with Gasteiger partial charge in [0.05, 0.1) is 31.2 Å². The number of ether oxygens (including phenoxy) is 1. The second kappa shape index (κ2) is 8.71. The summed E-state index contributed by atoms with van der Waals surface area (Å²) in [5.74, 6) is 0.356. The molecular formula is C26H27F2N5O2. The van der Waals surface area contributed by atoms with Gasteiger partial charge in [-0.25, -0.2) is 18.7 Å². The van der Waals surface area contributed by atoms with Crippen molar-refractivity contribution in [1.82, 2.24) is 20.3 Å². The molecule has 6 rings (SSSR count). The Morgan fingerprint density at radius 2 is 1.91 bits per heavy atom. The maximum atomic E-state index is 15.3. The van der Waals surface area contributed by atoms with Crippen LogP contribution in [0.15, 0.2) is 42.9 Å². The van der Waals surface area contributed by atoms with Crippen molar-refractivity contribution < 1.29 is 18.6 Å². The van der Waals surface area contributed by atoms with Crippen LogP contribution in [0.1, 0.15) is 32.1 Å². The Morgan fingerprint density at radius 1 is 1.06 bits per heavy atom. The van der Waals surface area contributed by atoms with Gasteiger partial charge in [-0.05, 0) is 55.9 Å². The molecular weight excluding hydrogens is 452 g/mol. The minimum Gasteiger partial charge on any atom is -0.507 e. The van der Waals surface area contributed by atoms with Gasteiger partial charge in [0, 0.05) is 41.5 Å². The van der Waals surface area contributed by atoms with E-state index in [1.165, 1.54) is 31.6 Å². The van der Waals surface area contributed by atoms with Crippen LogP contribution < -0.4 is 15.0 Å². The van der Waals surface area contributed by atoms with Gasteiger partial charge in [0.2, 0.25) is 5.88 Å².